The van der Waals surface area contributed by atoms with Gasteiger partial charge in [-0.2, -0.15) is 0 Å². The Hall–Kier alpha value is -3.35. The molecule has 7 heteroatoms. The summed E-state index contributed by atoms with van der Waals surface area (Å²) in [6.45, 7) is 6.37. The minimum Gasteiger partial charge on any atom is -0.444 e. The summed E-state index contributed by atoms with van der Waals surface area (Å²) >= 11 is 0. The third-order valence-corrected chi connectivity index (χ3v) is 4.57. The average Bonchev–Trinajstić information content (AvgIpc) is 3.11. The fourth-order valence-corrected chi connectivity index (χ4v) is 3.17. The molecule has 1 fully saturated rings. The first-order valence-electron chi connectivity index (χ1n) is 9.99. The van der Waals surface area contributed by atoms with Gasteiger partial charge in [-0.25, -0.2) is 4.79 Å². The minimum atomic E-state index is -0.554. The number of hydrogen-bond donors (Lipinski definition) is 2. The van der Waals surface area contributed by atoms with Gasteiger partial charge in [0.15, 0.2) is 0 Å². The van der Waals surface area contributed by atoms with Crippen molar-refractivity contribution in [1.82, 2.24) is 5.32 Å². The third-order valence-electron chi connectivity index (χ3n) is 4.57. The number of carbonyl (C=O) groups excluding carboxylic acids is 3. The van der Waals surface area contributed by atoms with E-state index >= 15 is 0 Å². The number of alkyl carbamates (subject to hydrolysis) is 1. The molecule has 0 atom stereocenters. The summed E-state index contributed by atoms with van der Waals surface area (Å²) < 4.78 is 5.21. The molecular weight excluding hydrogens is 382 g/mol. The summed E-state index contributed by atoms with van der Waals surface area (Å²) in [5.41, 5.74) is 2.10. The van der Waals surface area contributed by atoms with Crippen molar-refractivity contribution in [3.05, 3.63) is 59.7 Å². The molecule has 1 saturated heterocycles. The van der Waals surface area contributed by atoms with E-state index < -0.39 is 11.7 Å². The summed E-state index contributed by atoms with van der Waals surface area (Å²) in [6, 6.07) is 14.3. The number of para-hydroxylation sites is 2. The molecule has 7 nitrogen and oxygen atoms in total. The maximum Gasteiger partial charge on any atom is 0.407 e. The monoisotopic (exact) mass is 409 g/mol. The highest BCUT2D eigenvalue weighted by atomic mass is 16.6. The fraction of sp³-hybridized carbons (Fsp3) is 0.348. The Morgan fingerprint density at radius 2 is 1.77 bits per heavy atom. The van der Waals surface area contributed by atoms with Crippen LogP contribution in [0.4, 0.5) is 16.2 Å². The van der Waals surface area contributed by atoms with Crippen molar-refractivity contribution in [3.63, 3.8) is 0 Å². The van der Waals surface area contributed by atoms with Crippen LogP contribution in [0.5, 0.6) is 0 Å². The molecule has 0 aromatic heterocycles. The number of hydrogen-bond acceptors (Lipinski definition) is 4. The van der Waals surface area contributed by atoms with Crippen molar-refractivity contribution in [2.24, 2.45) is 0 Å². The molecular formula is C23H27N3O4. The Balaban J connectivity index is 1.62. The zero-order valence-electron chi connectivity index (χ0n) is 17.5. The molecule has 2 aromatic rings. The zero-order valence-corrected chi connectivity index (χ0v) is 17.5. The number of rotatable bonds is 5. The fourth-order valence-electron chi connectivity index (χ4n) is 3.17. The van der Waals surface area contributed by atoms with Crippen molar-refractivity contribution in [3.8, 4) is 0 Å². The van der Waals surface area contributed by atoms with Crippen LogP contribution in [0.15, 0.2) is 48.5 Å². The molecule has 30 heavy (non-hydrogen) atoms. The lowest BCUT2D eigenvalue weighted by atomic mass is 10.1. The molecule has 1 heterocycles. The SMILES string of the molecule is CC(C)(C)OC(=O)NCc1ccc(C(=O)Nc2ccccc2N2CCCC2=O)cc1. The lowest BCUT2D eigenvalue weighted by molar-refractivity contribution is -0.117. The van der Waals surface area contributed by atoms with Crippen LogP contribution >= 0.6 is 0 Å². The van der Waals surface area contributed by atoms with E-state index in [1.165, 1.54) is 0 Å². The number of carbonyl (C=O) groups is 3. The van der Waals surface area contributed by atoms with Gasteiger partial charge in [0, 0.05) is 25.1 Å². The second-order valence-corrected chi connectivity index (χ2v) is 8.17. The normalized spacial score (nSPS) is 13.8. The van der Waals surface area contributed by atoms with Crippen LogP contribution in [-0.4, -0.2) is 30.1 Å². The van der Waals surface area contributed by atoms with Gasteiger partial charge in [-0.3, -0.25) is 9.59 Å². The molecule has 0 radical (unpaired) electrons. The van der Waals surface area contributed by atoms with Gasteiger partial charge >= 0.3 is 6.09 Å². The van der Waals surface area contributed by atoms with E-state index in [0.29, 0.717) is 36.4 Å². The first kappa shape index (κ1) is 21.4. The molecule has 0 spiro atoms. The highest BCUT2D eigenvalue weighted by molar-refractivity contribution is 6.08. The highest BCUT2D eigenvalue weighted by Gasteiger charge is 2.24. The van der Waals surface area contributed by atoms with Gasteiger partial charge in [0.25, 0.3) is 5.91 Å². The summed E-state index contributed by atoms with van der Waals surface area (Å²) in [5.74, 6) is -0.195. The van der Waals surface area contributed by atoms with Gasteiger partial charge in [0.1, 0.15) is 5.60 Å². The zero-order chi connectivity index (χ0) is 21.7. The molecule has 0 unspecified atom stereocenters. The first-order chi connectivity index (χ1) is 14.2. The van der Waals surface area contributed by atoms with E-state index in [4.69, 9.17) is 4.74 Å². The molecule has 158 valence electrons. The Kier molecular flexibility index (Phi) is 6.40. The summed E-state index contributed by atoms with van der Waals surface area (Å²) in [5, 5.41) is 5.58. The van der Waals surface area contributed by atoms with Crippen molar-refractivity contribution >= 4 is 29.3 Å². The van der Waals surface area contributed by atoms with Crippen molar-refractivity contribution in [2.75, 3.05) is 16.8 Å². The largest absolute Gasteiger partial charge is 0.444 e. The summed E-state index contributed by atoms with van der Waals surface area (Å²) in [4.78, 5) is 38.2. The molecule has 3 amide bonds. The van der Waals surface area contributed by atoms with E-state index in [1.54, 1.807) is 56.0 Å². The van der Waals surface area contributed by atoms with Crippen LogP contribution in [0.25, 0.3) is 0 Å². The average molecular weight is 409 g/mol. The minimum absolute atomic E-state index is 0.0681. The van der Waals surface area contributed by atoms with Gasteiger partial charge in [-0.05, 0) is 57.0 Å². The van der Waals surface area contributed by atoms with E-state index in [1.807, 2.05) is 18.2 Å². The van der Waals surface area contributed by atoms with Crippen LogP contribution in [0, 0.1) is 0 Å². The first-order valence-corrected chi connectivity index (χ1v) is 9.99. The van der Waals surface area contributed by atoms with Crippen molar-refractivity contribution < 1.29 is 19.1 Å². The third kappa shape index (κ3) is 5.59. The summed E-state index contributed by atoms with van der Waals surface area (Å²) in [6.07, 6.45) is 0.860. The maximum absolute atomic E-state index is 12.7. The number of benzene rings is 2. The Morgan fingerprint density at radius 1 is 1.07 bits per heavy atom. The number of nitrogens with zero attached hydrogens (tertiary/aromatic N) is 1. The van der Waals surface area contributed by atoms with Gasteiger partial charge in [-0.1, -0.05) is 24.3 Å². The second kappa shape index (κ2) is 8.98. The van der Waals surface area contributed by atoms with E-state index in [0.717, 1.165) is 12.0 Å². The molecule has 1 aliphatic rings. The topological polar surface area (TPSA) is 87.7 Å². The van der Waals surface area contributed by atoms with E-state index in [2.05, 4.69) is 10.6 Å². The Bertz CT molecular complexity index is 932. The molecule has 0 bridgehead atoms. The predicted octanol–water partition coefficient (Wildman–Crippen LogP) is 4.09. The number of anilines is 2. The number of ether oxygens (including phenoxy) is 1. The quantitative estimate of drug-likeness (QED) is 0.779. The number of nitrogens with one attached hydrogen (secondary N) is 2. The van der Waals surface area contributed by atoms with Crippen LogP contribution in [-0.2, 0) is 16.1 Å². The molecule has 1 aliphatic heterocycles. The molecule has 0 saturated carbocycles. The predicted molar refractivity (Wildman–Crippen MR) is 115 cm³/mol. The van der Waals surface area contributed by atoms with Crippen LogP contribution < -0.4 is 15.5 Å². The Labute approximate surface area is 176 Å². The maximum atomic E-state index is 12.7. The highest BCUT2D eigenvalue weighted by Crippen LogP contribution is 2.29. The lowest BCUT2D eigenvalue weighted by Crippen LogP contribution is -2.32. The van der Waals surface area contributed by atoms with Crippen LogP contribution in [0.2, 0.25) is 0 Å². The van der Waals surface area contributed by atoms with Gasteiger partial charge in [-0.15, -0.1) is 0 Å². The van der Waals surface area contributed by atoms with Crippen LogP contribution in [0.1, 0.15) is 49.5 Å². The lowest BCUT2D eigenvalue weighted by Gasteiger charge is -2.20. The van der Waals surface area contributed by atoms with Gasteiger partial charge in [0.2, 0.25) is 5.91 Å². The number of amides is 3. The van der Waals surface area contributed by atoms with Crippen molar-refractivity contribution in [2.45, 2.75) is 45.8 Å². The smallest absolute Gasteiger partial charge is 0.407 e. The second-order valence-electron chi connectivity index (χ2n) is 8.17. The van der Waals surface area contributed by atoms with E-state index in [9.17, 15) is 14.4 Å². The molecule has 2 N–H and O–H groups in total. The van der Waals surface area contributed by atoms with Gasteiger partial charge in [0.05, 0.1) is 11.4 Å². The molecule has 3 rings (SSSR count). The molecule has 2 aromatic carbocycles. The van der Waals surface area contributed by atoms with Gasteiger partial charge < -0.3 is 20.3 Å². The molecule has 0 aliphatic carbocycles. The van der Waals surface area contributed by atoms with Crippen LogP contribution in [0.3, 0.4) is 0 Å². The van der Waals surface area contributed by atoms with E-state index in [-0.39, 0.29) is 11.8 Å². The standard InChI is InChI=1S/C23H27N3O4/c1-23(2,3)30-22(29)24-15-16-10-12-17(13-11-16)21(28)25-18-7-4-5-8-19(18)26-14-6-9-20(26)27/h4-5,7-8,10-13H,6,9,14-15H2,1-3H3,(H,24,29)(H,25,28). The summed E-state index contributed by atoms with van der Waals surface area (Å²) in [7, 11) is 0. The Morgan fingerprint density at radius 3 is 2.40 bits per heavy atom. The van der Waals surface area contributed by atoms with Crippen molar-refractivity contribution in [1.29, 1.82) is 0 Å².